The van der Waals surface area contributed by atoms with E-state index in [-0.39, 0.29) is 18.3 Å². The fourth-order valence-electron chi connectivity index (χ4n) is 4.32. The van der Waals surface area contributed by atoms with Gasteiger partial charge in [-0.3, -0.25) is 9.78 Å². The second-order valence-electron chi connectivity index (χ2n) is 8.38. The summed E-state index contributed by atoms with van der Waals surface area (Å²) in [5, 5.41) is 9.61. The predicted octanol–water partition coefficient (Wildman–Crippen LogP) is 5.88. The Bertz CT molecular complexity index is 1410. The standard InChI is InChI=1S/C27H22F2N2O3S/c28-23-11-17-3-5-19(31-25(17)13-24(23)29)15-34-20-6-4-16-1-2-18-14-30-9-7-21(18)27(22(16)12-20)35-10-8-26(32)33/h3-7,9,11-14,27H,1-2,8,10,15H2,(H,32,33). The van der Waals surface area contributed by atoms with Crippen molar-refractivity contribution in [2.24, 2.45) is 0 Å². The van der Waals surface area contributed by atoms with E-state index in [1.165, 1.54) is 11.1 Å². The molecule has 8 heteroatoms. The van der Waals surface area contributed by atoms with Crippen molar-refractivity contribution >= 4 is 28.6 Å². The highest BCUT2D eigenvalue weighted by Crippen LogP contribution is 2.43. The number of aryl methyl sites for hydroxylation is 2. The first-order valence-corrected chi connectivity index (χ1v) is 12.3. The van der Waals surface area contributed by atoms with Gasteiger partial charge >= 0.3 is 5.97 Å². The number of carbonyl (C=O) groups is 1. The number of carboxylic acids is 1. The van der Waals surface area contributed by atoms with Gasteiger partial charge in [0, 0.05) is 29.6 Å². The summed E-state index contributed by atoms with van der Waals surface area (Å²) in [6, 6.07) is 13.6. The Labute approximate surface area is 205 Å². The van der Waals surface area contributed by atoms with Gasteiger partial charge in [-0.1, -0.05) is 12.1 Å². The molecule has 1 aliphatic carbocycles. The van der Waals surface area contributed by atoms with Crippen LogP contribution in [-0.2, 0) is 24.2 Å². The van der Waals surface area contributed by atoms with Crippen LogP contribution in [0.5, 0.6) is 5.75 Å². The van der Waals surface area contributed by atoms with Crippen molar-refractivity contribution in [3.8, 4) is 5.75 Å². The van der Waals surface area contributed by atoms with Crippen LogP contribution in [0.4, 0.5) is 8.78 Å². The lowest BCUT2D eigenvalue weighted by molar-refractivity contribution is -0.136. The van der Waals surface area contributed by atoms with Crippen molar-refractivity contribution in [3.63, 3.8) is 0 Å². The minimum atomic E-state index is -0.934. The molecule has 0 saturated carbocycles. The molecular formula is C27H22F2N2O3S. The van der Waals surface area contributed by atoms with Crippen molar-refractivity contribution in [2.75, 3.05) is 5.75 Å². The number of pyridine rings is 2. The smallest absolute Gasteiger partial charge is 0.304 e. The zero-order valence-electron chi connectivity index (χ0n) is 18.7. The lowest BCUT2D eigenvalue weighted by Gasteiger charge is -2.20. The number of aliphatic carboxylic acids is 1. The van der Waals surface area contributed by atoms with E-state index in [1.807, 2.05) is 24.4 Å². The first-order valence-electron chi connectivity index (χ1n) is 11.2. The Morgan fingerprint density at radius 2 is 1.86 bits per heavy atom. The lowest BCUT2D eigenvalue weighted by Crippen LogP contribution is -2.05. The number of nitrogens with zero attached hydrogens (tertiary/aromatic N) is 2. The van der Waals surface area contributed by atoms with Gasteiger partial charge < -0.3 is 9.84 Å². The highest BCUT2D eigenvalue weighted by molar-refractivity contribution is 7.99. The molecule has 0 aliphatic heterocycles. The van der Waals surface area contributed by atoms with Crippen LogP contribution in [0, 0.1) is 11.6 Å². The Hall–Kier alpha value is -3.52. The number of fused-ring (bicyclic) bond motifs is 3. The maximum Gasteiger partial charge on any atom is 0.304 e. The van der Waals surface area contributed by atoms with Crippen LogP contribution >= 0.6 is 11.8 Å². The summed E-state index contributed by atoms with van der Waals surface area (Å²) in [7, 11) is 0. The topological polar surface area (TPSA) is 72.3 Å². The van der Waals surface area contributed by atoms with Crippen molar-refractivity contribution in [3.05, 3.63) is 101 Å². The van der Waals surface area contributed by atoms with E-state index in [0.29, 0.717) is 28.1 Å². The van der Waals surface area contributed by atoms with E-state index in [0.717, 1.165) is 36.1 Å². The molecule has 0 fully saturated rings. The molecule has 4 aromatic rings. The molecular weight excluding hydrogens is 470 g/mol. The molecule has 0 spiro atoms. The second kappa shape index (κ2) is 10.00. The van der Waals surface area contributed by atoms with Gasteiger partial charge in [0.2, 0.25) is 0 Å². The van der Waals surface area contributed by atoms with Crippen LogP contribution in [0.2, 0.25) is 0 Å². The van der Waals surface area contributed by atoms with Gasteiger partial charge in [-0.2, -0.15) is 0 Å². The number of carboxylic acid groups (broad SMARTS) is 1. The zero-order chi connectivity index (χ0) is 24.4. The number of hydrogen-bond donors (Lipinski definition) is 1. The van der Waals surface area contributed by atoms with E-state index in [4.69, 9.17) is 9.84 Å². The van der Waals surface area contributed by atoms with Crippen LogP contribution in [0.25, 0.3) is 10.9 Å². The zero-order valence-corrected chi connectivity index (χ0v) is 19.5. The molecule has 1 aliphatic rings. The number of benzene rings is 2. The monoisotopic (exact) mass is 492 g/mol. The van der Waals surface area contributed by atoms with E-state index in [2.05, 4.69) is 16.0 Å². The summed E-state index contributed by atoms with van der Waals surface area (Å²) >= 11 is 1.61. The molecule has 0 amide bonds. The van der Waals surface area contributed by atoms with Gasteiger partial charge in [0.15, 0.2) is 11.6 Å². The summed E-state index contributed by atoms with van der Waals surface area (Å²) in [4.78, 5) is 19.8. The Morgan fingerprint density at radius 1 is 1.03 bits per heavy atom. The quantitative estimate of drug-likeness (QED) is 0.347. The van der Waals surface area contributed by atoms with Crippen LogP contribution in [0.15, 0.2) is 60.9 Å². The molecule has 5 rings (SSSR count). The Morgan fingerprint density at radius 3 is 2.71 bits per heavy atom. The van der Waals surface area contributed by atoms with Crippen molar-refractivity contribution in [2.45, 2.75) is 31.1 Å². The third kappa shape index (κ3) is 5.12. The second-order valence-corrected chi connectivity index (χ2v) is 9.59. The maximum atomic E-state index is 13.6. The molecule has 178 valence electrons. The summed E-state index contributed by atoms with van der Waals surface area (Å²) in [5.74, 6) is -1.50. The summed E-state index contributed by atoms with van der Waals surface area (Å²) in [5.41, 5.74) is 5.59. The SMILES string of the molecule is O=C(O)CCSC1c2ccncc2CCc2ccc(OCc3ccc4cc(F)c(F)cc4n3)cc21. The highest BCUT2D eigenvalue weighted by Gasteiger charge is 2.25. The highest BCUT2D eigenvalue weighted by atomic mass is 32.2. The molecule has 0 bridgehead atoms. The number of rotatable bonds is 7. The number of hydrogen-bond acceptors (Lipinski definition) is 5. The van der Waals surface area contributed by atoms with Gasteiger partial charge in [-0.15, -0.1) is 11.8 Å². The summed E-state index contributed by atoms with van der Waals surface area (Å²) in [6.07, 6.45) is 5.48. The largest absolute Gasteiger partial charge is 0.487 e. The van der Waals surface area contributed by atoms with Gasteiger partial charge in [0.25, 0.3) is 0 Å². The molecule has 1 N–H and O–H groups in total. The average Bonchev–Trinajstić information content (AvgIpc) is 3.00. The number of aromatic nitrogens is 2. The number of thioether (sulfide) groups is 1. The minimum Gasteiger partial charge on any atom is -0.487 e. The summed E-state index contributed by atoms with van der Waals surface area (Å²) < 4.78 is 33.1. The van der Waals surface area contributed by atoms with Gasteiger partial charge in [-0.05, 0) is 65.4 Å². The van der Waals surface area contributed by atoms with Crippen LogP contribution in [0.3, 0.4) is 0 Å². The van der Waals surface area contributed by atoms with Crippen LogP contribution in [-0.4, -0.2) is 26.8 Å². The van der Waals surface area contributed by atoms with Crippen LogP contribution < -0.4 is 4.74 Å². The third-order valence-corrected chi connectivity index (χ3v) is 7.34. The lowest BCUT2D eigenvalue weighted by atomic mass is 10.0. The van der Waals surface area contributed by atoms with Crippen molar-refractivity contribution in [1.82, 2.24) is 9.97 Å². The normalized spacial score (nSPS) is 14.7. The van der Waals surface area contributed by atoms with Gasteiger partial charge in [0.05, 0.1) is 22.9 Å². The fourth-order valence-corrected chi connectivity index (χ4v) is 5.65. The molecule has 0 radical (unpaired) electrons. The number of halogens is 2. The molecule has 0 saturated heterocycles. The van der Waals surface area contributed by atoms with Crippen molar-refractivity contribution in [1.29, 1.82) is 0 Å². The van der Waals surface area contributed by atoms with E-state index in [1.54, 1.807) is 30.1 Å². The van der Waals surface area contributed by atoms with Gasteiger partial charge in [0.1, 0.15) is 12.4 Å². The third-order valence-electron chi connectivity index (χ3n) is 6.06. The minimum absolute atomic E-state index is 0.0231. The molecule has 35 heavy (non-hydrogen) atoms. The van der Waals surface area contributed by atoms with Crippen molar-refractivity contribution < 1.29 is 23.4 Å². The molecule has 5 nitrogen and oxygen atoms in total. The van der Waals surface area contributed by atoms with Gasteiger partial charge in [-0.25, -0.2) is 13.8 Å². The van der Waals surface area contributed by atoms with E-state index in [9.17, 15) is 13.6 Å². The average molecular weight is 493 g/mol. The molecule has 2 aromatic carbocycles. The molecule has 1 unspecified atom stereocenters. The Balaban J connectivity index is 1.40. The van der Waals surface area contributed by atoms with Crippen LogP contribution in [0.1, 0.15) is 39.6 Å². The fraction of sp³-hybridized carbons (Fsp3) is 0.222. The first kappa shape index (κ1) is 23.2. The molecule has 1 atom stereocenters. The van der Waals surface area contributed by atoms with E-state index < -0.39 is 17.6 Å². The predicted molar refractivity (Wildman–Crippen MR) is 131 cm³/mol. The molecule has 2 aromatic heterocycles. The summed E-state index contributed by atoms with van der Waals surface area (Å²) in [6.45, 7) is 0.172. The molecule has 2 heterocycles. The number of ether oxygens (including phenoxy) is 1. The van der Waals surface area contributed by atoms with E-state index >= 15 is 0 Å². The first-order chi connectivity index (χ1) is 17.0. The maximum absolute atomic E-state index is 13.6. The Kier molecular flexibility index (Phi) is 6.63.